The second-order valence-electron chi connectivity index (χ2n) is 7.49. The van der Waals surface area contributed by atoms with Gasteiger partial charge >= 0.3 is 0 Å². The summed E-state index contributed by atoms with van der Waals surface area (Å²) in [5, 5.41) is 4.22. The number of fused-ring (bicyclic) bond motifs is 1. The highest BCUT2D eigenvalue weighted by molar-refractivity contribution is 6.76. The Balaban J connectivity index is 1.84. The highest BCUT2D eigenvalue weighted by atomic mass is 28.3. The lowest BCUT2D eigenvalue weighted by Gasteiger charge is -2.15. The number of benzene rings is 1. The van der Waals surface area contributed by atoms with Crippen LogP contribution in [0.15, 0.2) is 30.6 Å². The topological polar surface area (TPSA) is 52.8 Å². The predicted octanol–water partition coefficient (Wildman–Crippen LogP) is 4.88. The lowest BCUT2D eigenvalue weighted by molar-refractivity contribution is 0.0813. The van der Waals surface area contributed by atoms with E-state index in [1.165, 1.54) is 12.3 Å². The molecule has 0 fully saturated rings. The zero-order valence-corrected chi connectivity index (χ0v) is 16.4. The molecule has 0 saturated heterocycles. The van der Waals surface area contributed by atoms with Gasteiger partial charge < -0.3 is 4.74 Å². The van der Waals surface area contributed by atoms with Gasteiger partial charge in [-0.25, -0.2) is 27.8 Å². The molecule has 0 N–H and O–H groups in total. The summed E-state index contributed by atoms with van der Waals surface area (Å²) in [4.78, 5) is 8.73. The summed E-state index contributed by atoms with van der Waals surface area (Å²) in [7, 11) is -1.18. The molecule has 0 aliphatic heterocycles. The lowest BCUT2D eigenvalue weighted by Crippen LogP contribution is -2.22. The molecule has 144 valence electrons. The van der Waals surface area contributed by atoms with Crippen LogP contribution in [0, 0.1) is 5.82 Å². The van der Waals surface area contributed by atoms with E-state index >= 15 is 0 Å². The van der Waals surface area contributed by atoms with Crippen LogP contribution in [0.25, 0.3) is 22.4 Å². The Kier molecular flexibility index (Phi) is 5.61. The van der Waals surface area contributed by atoms with E-state index in [2.05, 4.69) is 34.7 Å². The van der Waals surface area contributed by atoms with Gasteiger partial charge in [-0.3, -0.25) is 0 Å². The van der Waals surface area contributed by atoms with Crippen molar-refractivity contribution in [2.45, 2.75) is 38.8 Å². The Labute approximate surface area is 156 Å². The molecule has 0 aliphatic carbocycles. The number of aromatic nitrogens is 4. The first-order chi connectivity index (χ1) is 12.7. The van der Waals surface area contributed by atoms with Gasteiger partial charge in [0.1, 0.15) is 18.1 Å². The van der Waals surface area contributed by atoms with Crippen LogP contribution in [0.5, 0.6) is 0 Å². The van der Waals surface area contributed by atoms with Crippen molar-refractivity contribution >= 4 is 19.2 Å². The number of rotatable bonds is 7. The van der Waals surface area contributed by atoms with Gasteiger partial charge in [-0.05, 0) is 24.2 Å². The first-order valence-electron chi connectivity index (χ1n) is 8.59. The van der Waals surface area contributed by atoms with Crippen LogP contribution < -0.4 is 0 Å². The second kappa shape index (κ2) is 7.77. The van der Waals surface area contributed by atoms with Crippen LogP contribution in [0.1, 0.15) is 12.0 Å². The molecule has 0 amide bonds. The standard InChI is InChI=1S/C18H21F3N4OSi/c1-27(2,3)7-6-26-11-25-18-16(10-23-25)22-9-15(24-18)12-4-5-14(19)13(8-12)17(20)21/h4-5,8-10,17H,6-7,11H2,1-3H3. The van der Waals surface area contributed by atoms with Gasteiger partial charge in [-0.1, -0.05) is 19.6 Å². The van der Waals surface area contributed by atoms with Crippen LogP contribution in [0.4, 0.5) is 13.2 Å². The fraction of sp³-hybridized carbons (Fsp3) is 0.389. The molecule has 2 aromatic heterocycles. The molecule has 5 nitrogen and oxygen atoms in total. The third-order valence-electron chi connectivity index (χ3n) is 4.08. The molecule has 9 heteroatoms. The van der Waals surface area contributed by atoms with Crippen molar-refractivity contribution in [2.24, 2.45) is 0 Å². The van der Waals surface area contributed by atoms with E-state index < -0.39 is 25.9 Å². The Hall–Kier alpha value is -2.26. The molecule has 27 heavy (non-hydrogen) atoms. The fourth-order valence-corrected chi connectivity index (χ4v) is 3.24. The van der Waals surface area contributed by atoms with E-state index in [-0.39, 0.29) is 6.73 Å². The number of halogens is 3. The number of hydrogen-bond acceptors (Lipinski definition) is 4. The van der Waals surface area contributed by atoms with Gasteiger partial charge in [0, 0.05) is 20.2 Å². The number of ether oxygens (including phenoxy) is 1. The van der Waals surface area contributed by atoms with Gasteiger partial charge in [0.15, 0.2) is 5.65 Å². The van der Waals surface area contributed by atoms with Gasteiger partial charge in [0.2, 0.25) is 0 Å². The highest BCUT2D eigenvalue weighted by Gasteiger charge is 2.16. The maximum absolute atomic E-state index is 13.5. The monoisotopic (exact) mass is 394 g/mol. The fourth-order valence-electron chi connectivity index (χ4n) is 2.48. The number of hydrogen-bond donors (Lipinski definition) is 0. The van der Waals surface area contributed by atoms with Gasteiger partial charge in [-0.2, -0.15) is 5.10 Å². The molecule has 0 atom stereocenters. The first kappa shape index (κ1) is 19.5. The Morgan fingerprint density at radius 3 is 2.67 bits per heavy atom. The second-order valence-corrected chi connectivity index (χ2v) is 13.1. The molecule has 3 rings (SSSR count). The van der Waals surface area contributed by atoms with Crippen LogP contribution in [0.3, 0.4) is 0 Å². The third-order valence-corrected chi connectivity index (χ3v) is 5.79. The zero-order valence-electron chi connectivity index (χ0n) is 15.4. The molecule has 0 unspecified atom stereocenters. The lowest BCUT2D eigenvalue weighted by atomic mass is 10.1. The van der Waals surface area contributed by atoms with Crippen molar-refractivity contribution in [2.75, 3.05) is 6.61 Å². The average Bonchev–Trinajstić information content (AvgIpc) is 3.00. The summed E-state index contributed by atoms with van der Waals surface area (Å²) in [5.41, 5.74) is 1.14. The van der Waals surface area contributed by atoms with E-state index in [1.807, 2.05) is 0 Å². The Morgan fingerprint density at radius 1 is 1.19 bits per heavy atom. The molecule has 3 aromatic rings. The smallest absolute Gasteiger partial charge is 0.266 e. The molecule has 0 saturated carbocycles. The molecule has 1 aromatic carbocycles. The summed E-state index contributed by atoms with van der Waals surface area (Å²) in [5.74, 6) is -0.941. The van der Waals surface area contributed by atoms with Crippen molar-refractivity contribution < 1.29 is 17.9 Å². The van der Waals surface area contributed by atoms with E-state index in [1.54, 1.807) is 10.9 Å². The summed E-state index contributed by atoms with van der Waals surface area (Å²) >= 11 is 0. The van der Waals surface area contributed by atoms with Gasteiger partial charge in [0.05, 0.1) is 23.7 Å². The van der Waals surface area contributed by atoms with Crippen LogP contribution in [-0.2, 0) is 11.5 Å². The molecule has 2 heterocycles. The minimum absolute atomic E-state index is 0.234. The Bertz CT molecular complexity index is 940. The van der Waals surface area contributed by atoms with Crippen molar-refractivity contribution in [1.29, 1.82) is 0 Å². The zero-order chi connectivity index (χ0) is 19.6. The van der Waals surface area contributed by atoms with Crippen LogP contribution >= 0.6 is 0 Å². The Morgan fingerprint density at radius 2 is 1.96 bits per heavy atom. The molecule has 0 bridgehead atoms. The largest absolute Gasteiger partial charge is 0.359 e. The molecular formula is C18H21F3N4OSi. The third kappa shape index (κ3) is 4.72. The van der Waals surface area contributed by atoms with E-state index in [0.29, 0.717) is 29.0 Å². The molecule has 0 aliphatic rings. The highest BCUT2D eigenvalue weighted by Crippen LogP contribution is 2.27. The van der Waals surface area contributed by atoms with Crippen LogP contribution in [0.2, 0.25) is 25.7 Å². The minimum atomic E-state index is -2.90. The minimum Gasteiger partial charge on any atom is -0.359 e. The first-order valence-corrected chi connectivity index (χ1v) is 12.3. The number of nitrogens with zero attached hydrogens (tertiary/aromatic N) is 4. The summed E-state index contributed by atoms with van der Waals surface area (Å²) in [6.45, 7) is 7.69. The van der Waals surface area contributed by atoms with Crippen molar-refractivity contribution in [1.82, 2.24) is 19.7 Å². The van der Waals surface area contributed by atoms with Gasteiger partial charge in [0.25, 0.3) is 6.43 Å². The maximum atomic E-state index is 13.5. The summed E-state index contributed by atoms with van der Waals surface area (Å²) < 4.78 is 46.7. The summed E-state index contributed by atoms with van der Waals surface area (Å²) in [6, 6.07) is 4.55. The molecule has 0 radical (unpaired) electrons. The molecule has 0 spiro atoms. The predicted molar refractivity (Wildman–Crippen MR) is 99.8 cm³/mol. The van der Waals surface area contributed by atoms with Crippen molar-refractivity contribution in [3.63, 3.8) is 0 Å². The van der Waals surface area contributed by atoms with Crippen molar-refractivity contribution in [3.05, 3.63) is 42.0 Å². The normalized spacial score (nSPS) is 12.3. The quantitative estimate of drug-likeness (QED) is 0.423. The van der Waals surface area contributed by atoms with Crippen molar-refractivity contribution in [3.8, 4) is 11.3 Å². The SMILES string of the molecule is C[Si](C)(C)CCOCn1ncc2ncc(-c3ccc(F)c(C(F)F)c3)nc21. The summed E-state index contributed by atoms with van der Waals surface area (Å²) in [6.07, 6.45) is 0.138. The van der Waals surface area contributed by atoms with Gasteiger partial charge in [-0.15, -0.1) is 0 Å². The maximum Gasteiger partial charge on any atom is 0.266 e. The van der Waals surface area contributed by atoms with E-state index in [0.717, 1.165) is 18.2 Å². The van der Waals surface area contributed by atoms with Crippen LogP contribution in [-0.4, -0.2) is 34.4 Å². The molecular weight excluding hydrogens is 373 g/mol. The average molecular weight is 394 g/mol. The van der Waals surface area contributed by atoms with E-state index in [4.69, 9.17) is 4.74 Å². The van der Waals surface area contributed by atoms with E-state index in [9.17, 15) is 13.2 Å². The number of alkyl halides is 2.